The first-order chi connectivity index (χ1) is 7.31. The maximum atomic E-state index is 11.6. The lowest BCUT2D eigenvalue weighted by molar-refractivity contribution is 0.301. The fourth-order valence-electron chi connectivity index (χ4n) is 2.32. The molecule has 0 N–H and O–H groups in total. The first-order valence-corrected chi connectivity index (χ1v) is 7.19. The molecule has 0 radical (unpaired) electrons. The van der Waals surface area contributed by atoms with Gasteiger partial charge in [0, 0.05) is 18.5 Å². The Kier molecular flexibility index (Phi) is 2.59. The highest BCUT2D eigenvalue weighted by atomic mass is 32.2. The van der Waals surface area contributed by atoms with Crippen molar-refractivity contribution in [3.8, 4) is 0 Å². The van der Waals surface area contributed by atoms with Crippen LogP contribution in [0.15, 0.2) is 24.3 Å². The Bertz CT molecular complexity index is 506. The number of fused-ring (bicyclic) bond motifs is 1. The van der Waals surface area contributed by atoms with E-state index in [9.17, 15) is 8.42 Å². The van der Waals surface area contributed by atoms with Crippen molar-refractivity contribution in [2.45, 2.75) is 25.8 Å². The zero-order valence-corrected chi connectivity index (χ0v) is 10.7. The minimum Gasteiger partial charge on any atom is -0.212 e. The fraction of sp³-hybridized carbons (Fsp3) is 0.500. The largest absolute Gasteiger partial charge is 0.212 e. The maximum Gasteiger partial charge on any atom is 0.211 e. The predicted molar refractivity (Wildman–Crippen MR) is 64.7 cm³/mol. The van der Waals surface area contributed by atoms with Gasteiger partial charge < -0.3 is 0 Å². The molecule has 0 spiro atoms. The second-order valence-electron chi connectivity index (χ2n) is 5.07. The van der Waals surface area contributed by atoms with Gasteiger partial charge in [-0.05, 0) is 11.1 Å². The van der Waals surface area contributed by atoms with Crippen molar-refractivity contribution in [1.29, 1.82) is 0 Å². The second kappa shape index (κ2) is 3.57. The Balaban J connectivity index is 2.49. The van der Waals surface area contributed by atoms with Gasteiger partial charge in [0.05, 0.1) is 6.26 Å². The van der Waals surface area contributed by atoms with Crippen molar-refractivity contribution in [2.24, 2.45) is 0 Å². The van der Waals surface area contributed by atoms with Crippen LogP contribution in [0.1, 0.15) is 25.0 Å². The van der Waals surface area contributed by atoms with Crippen LogP contribution in [0, 0.1) is 0 Å². The number of hydrogen-bond acceptors (Lipinski definition) is 2. The molecule has 16 heavy (non-hydrogen) atoms. The molecule has 1 aliphatic heterocycles. The lowest BCUT2D eigenvalue weighted by atomic mass is 9.79. The molecular formula is C12H17NO2S. The topological polar surface area (TPSA) is 37.4 Å². The first kappa shape index (κ1) is 11.6. The Hall–Kier alpha value is -0.870. The van der Waals surface area contributed by atoms with Gasteiger partial charge in [-0.3, -0.25) is 0 Å². The van der Waals surface area contributed by atoms with Crippen LogP contribution in [-0.2, 0) is 22.0 Å². The number of sulfonamides is 1. The van der Waals surface area contributed by atoms with Gasteiger partial charge in [-0.15, -0.1) is 0 Å². The van der Waals surface area contributed by atoms with Gasteiger partial charge in [0.2, 0.25) is 10.0 Å². The molecule has 1 heterocycles. The van der Waals surface area contributed by atoms with E-state index < -0.39 is 10.0 Å². The van der Waals surface area contributed by atoms with Gasteiger partial charge in [-0.2, -0.15) is 4.31 Å². The number of benzene rings is 1. The molecule has 0 saturated carbocycles. The summed E-state index contributed by atoms with van der Waals surface area (Å²) >= 11 is 0. The van der Waals surface area contributed by atoms with E-state index in [0.717, 1.165) is 5.56 Å². The zero-order chi connectivity index (χ0) is 12.0. The van der Waals surface area contributed by atoms with Crippen molar-refractivity contribution in [3.05, 3.63) is 35.4 Å². The molecule has 0 fully saturated rings. The Labute approximate surface area is 97.1 Å². The Morgan fingerprint density at radius 2 is 1.88 bits per heavy atom. The summed E-state index contributed by atoms with van der Waals surface area (Å²) in [6.07, 6.45) is 1.27. The fourth-order valence-corrected chi connectivity index (χ4v) is 3.26. The third-order valence-corrected chi connectivity index (χ3v) is 4.33. The van der Waals surface area contributed by atoms with Crippen molar-refractivity contribution >= 4 is 10.0 Å². The molecule has 0 amide bonds. The lowest BCUT2D eigenvalue weighted by Crippen LogP contribution is -2.44. The van der Waals surface area contributed by atoms with E-state index in [1.165, 1.54) is 11.8 Å². The van der Waals surface area contributed by atoms with E-state index in [-0.39, 0.29) is 5.41 Å². The molecule has 1 aliphatic rings. The van der Waals surface area contributed by atoms with Crippen molar-refractivity contribution in [3.63, 3.8) is 0 Å². The minimum absolute atomic E-state index is 0.113. The number of rotatable bonds is 1. The molecular weight excluding hydrogens is 222 g/mol. The van der Waals surface area contributed by atoms with Crippen LogP contribution >= 0.6 is 0 Å². The average Bonchev–Trinajstić information content (AvgIpc) is 2.15. The molecule has 2 rings (SSSR count). The SMILES string of the molecule is CC1(C)CN(S(C)(=O)=O)Cc2ccccc21. The van der Waals surface area contributed by atoms with E-state index in [4.69, 9.17) is 0 Å². The smallest absolute Gasteiger partial charge is 0.211 e. The minimum atomic E-state index is -3.11. The van der Waals surface area contributed by atoms with Crippen molar-refractivity contribution in [2.75, 3.05) is 12.8 Å². The lowest BCUT2D eigenvalue weighted by Gasteiger charge is -2.38. The monoisotopic (exact) mass is 239 g/mol. The van der Waals surface area contributed by atoms with Crippen LogP contribution in [0.5, 0.6) is 0 Å². The maximum absolute atomic E-state index is 11.6. The van der Waals surface area contributed by atoms with Crippen LogP contribution in [-0.4, -0.2) is 25.5 Å². The third kappa shape index (κ3) is 1.99. The molecule has 1 aromatic rings. The van der Waals surface area contributed by atoms with Crippen LogP contribution in [0.4, 0.5) is 0 Å². The Morgan fingerprint density at radius 3 is 2.50 bits per heavy atom. The second-order valence-corrected chi connectivity index (χ2v) is 7.05. The van der Waals surface area contributed by atoms with Crippen LogP contribution in [0.25, 0.3) is 0 Å². The Morgan fingerprint density at radius 1 is 1.25 bits per heavy atom. The summed E-state index contributed by atoms with van der Waals surface area (Å²) in [5.41, 5.74) is 2.26. The summed E-state index contributed by atoms with van der Waals surface area (Å²) in [5, 5.41) is 0. The third-order valence-electron chi connectivity index (χ3n) is 3.13. The summed E-state index contributed by atoms with van der Waals surface area (Å²) in [4.78, 5) is 0. The van der Waals surface area contributed by atoms with Gasteiger partial charge >= 0.3 is 0 Å². The van der Waals surface area contributed by atoms with E-state index in [2.05, 4.69) is 19.9 Å². The number of hydrogen-bond donors (Lipinski definition) is 0. The molecule has 0 aliphatic carbocycles. The molecule has 0 aromatic heterocycles. The summed E-state index contributed by atoms with van der Waals surface area (Å²) in [6, 6.07) is 8.07. The molecule has 3 nitrogen and oxygen atoms in total. The van der Waals surface area contributed by atoms with E-state index in [0.29, 0.717) is 13.1 Å². The molecule has 0 saturated heterocycles. The highest BCUT2D eigenvalue weighted by Crippen LogP contribution is 2.33. The summed E-state index contributed by atoms with van der Waals surface area (Å²) < 4.78 is 24.8. The molecule has 1 aromatic carbocycles. The van der Waals surface area contributed by atoms with Gasteiger partial charge in [0.15, 0.2) is 0 Å². The van der Waals surface area contributed by atoms with Crippen molar-refractivity contribution < 1.29 is 8.42 Å². The van der Waals surface area contributed by atoms with Crippen LogP contribution in [0.2, 0.25) is 0 Å². The quantitative estimate of drug-likeness (QED) is 0.748. The van der Waals surface area contributed by atoms with Crippen LogP contribution < -0.4 is 0 Å². The van der Waals surface area contributed by atoms with Gasteiger partial charge in [0.1, 0.15) is 0 Å². The summed E-state index contributed by atoms with van der Waals surface area (Å²) in [6.45, 7) is 5.23. The molecule has 4 heteroatoms. The zero-order valence-electron chi connectivity index (χ0n) is 9.90. The normalized spacial score (nSPS) is 20.4. The highest BCUT2D eigenvalue weighted by molar-refractivity contribution is 7.88. The predicted octanol–water partition coefficient (Wildman–Crippen LogP) is 1.74. The molecule has 0 atom stereocenters. The number of nitrogens with zero attached hydrogens (tertiary/aromatic N) is 1. The van der Waals surface area contributed by atoms with Crippen molar-refractivity contribution in [1.82, 2.24) is 4.31 Å². The van der Waals surface area contributed by atoms with Gasteiger partial charge in [0.25, 0.3) is 0 Å². The van der Waals surface area contributed by atoms with E-state index >= 15 is 0 Å². The van der Waals surface area contributed by atoms with Gasteiger partial charge in [-0.1, -0.05) is 38.1 Å². The first-order valence-electron chi connectivity index (χ1n) is 5.34. The molecule has 88 valence electrons. The highest BCUT2D eigenvalue weighted by Gasteiger charge is 2.34. The summed E-state index contributed by atoms with van der Waals surface area (Å²) in [5.74, 6) is 0. The van der Waals surface area contributed by atoms with Gasteiger partial charge in [-0.25, -0.2) is 8.42 Å². The standard InChI is InChI=1S/C12H17NO2S/c1-12(2)9-13(16(3,14)15)8-10-6-4-5-7-11(10)12/h4-7H,8-9H2,1-3H3. The van der Waals surface area contributed by atoms with Crippen LogP contribution in [0.3, 0.4) is 0 Å². The molecule has 0 bridgehead atoms. The average molecular weight is 239 g/mol. The molecule has 0 unspecified atom stereocenters. The van der Waals surface area contributed by atoms with E-state index in [1.54, 1.807) is 4.31 Å². The van der Waals surface area contributed by atoms with E-state index in [1.807, 2.05) is 18.2 Å². The summed E-state index contributed by atoms with van der Waals surface area (Å²) in [7, 11) is -3.11.